The van der Waals surface area contributed by atoms with Crippen LogP contribution in [0.1, 0.15) is 30.4 Å². The van der Waals surface area contributed by atoms with Gasteiger partial charge in [-0.1, -0.05) is 0 Å². The van der Waals surface area contributed by atoms with E-state index >= 15 is 0 Å². The zero-order valence-electron chi connectivity index (χ0n) is 9.82. The van der Waals surface area contributed by atoms with Crippen LogP contribution in [0.5, 0.6) is 0 Å². The number of hydrogen-bond donors (Lipinski definition) is 2. The van der Waals surface area contributed by atoms with Gasteiger partial charge in [0.15, 0.2) is 0 Å². The minimum atomic E-state index is -0.0630. The Hall–Kier alpha value is -0.930. The summed E-state index contributed by atoms with van der Waals surface area (Å²) in [5.74, 6) is 0.645. The first-order valence-electron chi connectivity index (χ1n) is 6.04. The van der Waals surface area contributed by atoms with Gasteiger partial charge >= 0.3 is 0 Å². The molecule has 0 aliphatic heterocycles. The van der Waals surface area contributed by atoms with Crippen LogP contribution in [0.2, 0.25) is 0 Å². The molecule has 2 unspecified atom stereocenters. The Morgan fingerprint density at radius 1 is 1.50 bits per heavy atom. The Kier molecular flexibility index (Phi) is 3.91. The molecule has 0 spiro atoms. The van der Waals surface area contributed by atoms with Crippen LogP contribution in [0.25, 0.3) is 0 Å². The molecule has 0 amide bonds. The molecule has 1 aliphatic carbocycles. The molecule has 3 heteroatoms. The lowest BCUT2D eigenvalue weighted by Gasteiger charge is -2.11. The standard InChI is InChI=1S/C13H20N2O/c1-10-4-5-14-8-12(10)9-15-7-11-2-3-13(16)6-11/h4-5,8,11,13,15-16H,2-3,6-7,9H2,1H3. The Labute approximate surface area is 96.9 Å². The van der Waals surface area contributed by atoms with Crippen molar-refractivity contribution in [2.24, 2.45) is 5.92 Å². The van der Waals surface area contributed by atoms with Crippen molar-refractivity contribution >= 4 is 0 Å². The summed E-state index contributed by atoms with van der Waals surface area (Å²) in [6, 6.07) is 2.04. The lowest BCUT2D eigenvalue weighted by molar-refractivity contribution is 0.177. The molecule has 1 heterocycles. The zero-order chi connectivity index (χ0) is 11.4. The number of aliphatic hydroxyl groups is 1. The van der Waals surface area contributed by atoms with Gasteiger partial charge in [0, 0.05) is 18.9 Å². The molecule has 2 rings (SSSR count). The second kappa shape index (κ2) is 5.41. The van der Waals surface area contributed by atoms with Crippen molar-refractivity contribution in [3.05, 3.63) is 29.6 Å². The number of aromatic nitrogens is 1. The highest BCUT2D eigenvalue weighted by atomic mass is 16.3. The first-order chi connectivity index (χ1) is 7.75. The fourth-order valence-electron chi connectivity index (χ4n) is 2.33. The first-order valence-corrected chi connectivity index (χ1v) is 6.04. The van der Waals surface area contributed by atoms with Crippen LogP contribution in [0.4, 0.5) is 0 Å². The van der Waals surface area contributed by atoms with Crippen LogP contribution < -0.4 is 5.32 Å². The van der Waals surface area contributed by atoms with E-state index < -0.39 is 0 Å². The van der Waals surface area contributed by atoms with Gasteiger partial charge in [-0.25, -0.2) is 0 Å². The lowest BCUT2D eigenvalue weighted by Crippen LogP contribution is -2.21. The normalized spacial score (nSPS) is 24.9. The Bertz CT molecular complexity index is 340. The van der Waals surface area contributed by atoms with Crippen LogP contribution in [-0.4, -0.2) is 22.7 Å². The average molecular weight is 220 g/mol. The van der Waals surface area contributed by atoms with Gasteiger partial charge in [-0.3, -0.25) is 4.98 Å². The van der Waals surface area contributed by atoms with E-state index in [4.69, 9.17) is 0 Å². The van der Waals surface area contributed by atoms with Gasteiger partial charge in [-0.05, 0) is 55.8 Å². The summed E-state index contributed by atoms with van der Waals surface area (Å²) in [5.41, 5.74) is 2.55. The van der Waals surface area contributed by atoms with Gasteiger partial charge < -0.3 is 10.4 Å². The molecular formula is C13H20N2O. The van der Waals surface area contributed by atoms with Crippen LogP contribution in [0.15, 0.2) is 18.5 Å². The van der Waals surface area contributed by atoms with Crippen LogP contribution in [0.3, 0.4) is 0 Å². The van der Waals surface area contributed by atoms with E-state index in [0.717, 1.165) is 32.4 Å². The van der Waals surface area contributed by atoms with Gasteiger partial charge in [0.05, 0.1) is 6.10 Å². The summed E-state index contributed by atoms with van der Waals surface area (Å²) in [4.78, 5) is 4.13. The van der Waals surface area contributed by atoms with Crippen molar-refractivity contribution in [2.75, 3.05) is 6.54 Å². The predicted octanol–water partition coefficient (Wildman–Crippen LogP) is 1.64. The average Bonchev–Trinajstić information content (AvgIpc) is 2.67. The van der Waals surface area contributed by atoms with Gasteiger partial charge in [0.1, 0.15) is 0 Å². The van der Waals surface area contributed by atoms with Crippen molar-refractivity contribution in [1.29, 1.82) is 0 Å². The number of aryl methyl sites for hydroxylation is 1. The largest absolute Gasteiger partial charge is 0.393 e. The van der Waals surface area contributed by atoms with E-state index in [-0.39, 0.29) is 6.10 Å². The van der Waals surface area contributed by atoms with E-state index in [1.807, 2.05) is 18.5 Å². The first kappa shape index (κ1) is 11.6. The maximum atomic E-state index is 9.42. The quantitative estimate of drug-likeness (QED) is 0.811. The summed E-state index contributed by atoms with van der Waals surface area (Å²) in [6.45, 7) is 4.00. The van der Waals surface area contributed by atoms with E-state index in [0.29, 0.717) is 5.92 Å². The fourth-order valence-corrected chi connectivity index (χ4v) is 2.33. The highest BCUT2D eigenvalue weighted by molar-refractivity contribution is 5.20. The SMILES string of the molecule is Cc1ccncc1CNCC1CCC(O)C1. The Balaban J connectivity index is 1.74. The smallest absolute Gasteiger partial charge is 0.0543 e. The van der Waals surface area contributed by atoms with E-state index in [2.05, 4.69) is 17.2 Å². The van der Waals surface area contributed by atoms with Crippen LogP contribution in [0, 0.1) is 12.8 Å². The molecule has 1 aromatic heterocycles. The van der Waals surface area contributed by atoms with Crippen molar-refractivity contribution in [1.82, 2.24) is 10.3 Å². The summed E-state index contributed by atoms with van der Waals surface area (Å²) in [7, 11) is 0. The number of hydrogen-bond acceptors (Lipinski definition) is 3. The second-order valence-corrected chi connectivity index (χ2v) is 4.77. The van der Waals surface area contributed by atoms with Crippen molar-refractivity contribution in [3.8, 4) is 0 Å². The maximum absolute atomic E-state index is 9.42. The number of pyridine rings is 1. The molecule has 0 saturated heterocycles. The molecule has 2 atom stereocenters. The molecule has 1 aromatic rings. The Morgan fingerprint density at radius 2 is 2.38 bits per heavy atom. The molecule has 0 aromatic carbocycles. The summed E-state index contributed by atoms with van der Waals surface area (Å²) in [6.07, 6.45) is 6.77. The minimum absolute atomic E-state index is 0.0630. The maximum Gasteiger partial charge on any atom is 0.0543 e. The third-order valence-corrected chi connectivity index (χ3v) is 3.41. The molecule has 3 nitrogen and oxygen atoms in total. The monoisotopic (exact) mass is 220 g/mol. The van der Waals surface area contributed by atoms with E-state index in [1.54, 1.807) is 0 Å². The molecule has 16 heavy (non-hydrogen) atoms. The highest BCUT2D eigenvalue weighted by Gasteiger charge is 2.21. The second-order valence-electron chi connectivity index (χ2n) is 4.77. The summed E-state index contributed by atoms with van der Waals surface area (Å²) >= 11 is 0. The molecule has 2 N–H and O–H groups in total. The van der Waals surface area contributed by atoms with Crippen LogP contribution >= 0.6 is 0 Å². The zero-order valence-corrected chi connectivity index (χ0v) is 9.82. The number of aliphatic hydroxyl groups excluding tert-OH is 1. The van der Waals surface area contributed by atoms with Crippen molar-refractivity contribution in [2.45, 2.75) is 38.8 Å². The summed E-state index contributed by atoms with van der Waals surface area (Å²) < 4.78 is 0. The molecule has 1 saturated carbocycles. The molecule has 0 bridgehead atoms. The molecule has 0 radical (unpaired) electrons. The summed E-state index contributed by atoms with van der Waals surface area (Å²) in [5, 5.41) is 12.9. The van der Waals surface area contributed by atoms with Crippen molar-refractivity contribution < 1.29 is 5.11 Å². The number of rotatable bonds is 4. The van der Waals surface area contributed by atoms with Crippen LogP contribution in [-0.2, 0) is 6.54 Å². The third-order valence-electron chi connectivity index (χ3n) is 3.41. The fraction of sp³-hybridized carbons (Fsp3) is 0.615. The Morgan fingerprint density at radius 3 is 3.06 bits per heavy atom. The predicted molar refractivity (Wildman–Crippen MR) is 64.0 cm³/mol. The highest BCUT2D eigenvalue weighted by Crippen LogP contribution is 2.24. The molecule has 1 fully saturated rings. The van der Waals surface area contributed by atoms with Gasteiger partial charge in [-0.15, -0.1) is 0 Å². The minimum Gasteiger partial charge on any atom is -0.393 e. The molecular weight excluding hydrogens is 200 g/mol. The van der Waals surface area contributed by atoms with E-state index in [9.17, 15) is 5.11 Å². The number of nitrogens with one attached hydrogen (secondary N) is 1. The lowest BCUT2D eigenvalue weighted by atomic mass is 10.1. The number of nitrogens with zero attached hydrogens (tertiary/aromatic N) is 1. The molecule has 88 valence electrons. The third kappa shape index (κ3) is 3.03. The van der Waals surface area contributed by atoms with E-state index in [1.165, 1.54) is 11.1 Å². The van der Waals surface area contributed by atoms with Gasteiger partial charge in [0.2, 0.25) is 0 Å². The molecule has 1 aliphatic rings. The topological polar surface area (TPSA) is 45.2 Å². The van der Waals surface area contributed by atoms with Crippen molar-refractivity contribution in [3.63, 3.8) is 0 Å². The van der Waals surface area contributed by atoms with Gasteiger partial charge in [0.25, 0.3) is 0 Å². The van der Waals surface area contributed by atoms with Gasteiger partial charge in [-0.2, -0.15) is 0 Å².